The van der Waals surface area contributed by atoms with Gasteiger partial charge in [-0.1, -0.05) is 13.8 Å². The fourth-order valence-corrected chi connectivity index (χ4v) is 4.30. The lowest BCUT2D eigenvalue weighted by Gasteiger charge is -2.34. The number of alkyl carbamates (subject to hydrolysis) is 1. The second kappa shape index (κ2) is 8.49. The number of aliphatic hydroxyl groups excluding tert-OH is 1. The normalized spacial score (nSPS) is 14.6. The molecule has 0 radical (unpaired) electrons. The van der Waals surface area contributed by atoms with E-state index in [1.165, 1.54) is 4.88 Å². The molecule has 0 aliphatic rings. The van der Waals surface area contributed by atoms with Crippen molar-refractivity contribution in [3.05, 3.63) is 20.8 Å². The Bertz CT molecular complexity index is 510. The lowest BCUT2D eigenvalue weighted by molar-refractivity contribution is 0.0441. The first-order valence-corrected chi connectivity index (χ1v) is 9.48. The minimum atomic E-state index is -0.525. The van der Waals surface area contributed by atoms with Gasteiger partial charge in [-0.15, -0.1) is 11.3 Å². The highest BCUT2D eigenvalue weighted by Crippen LogP contribution is 2.34. The van der Waals surface area contributed by atoms with Gasteiger partial charge in [0.25, 0.3) is 0 Å². The predicted octanol–water partition coefficient (Wildman–Crippen LogP) is 4.60. The molecule has 1 unspecified atom stereocenters. The molecule has 4 nitrogen and oxygen atoms in total. The Morgan fingerprint density at radius 3 is 2.48 bits per heavy atom. The van der Waals surface area contributed by atoms with Gasteiger partial charge >= 0.3 is 6.09 Å². The summed E-state index contributed by atoms with van der Waals surface area (Å²) >= 11 is 5.14. The quantitative estimate of drug-likeness (QED) is 0.696. The number of hydrogen-bond acceptors (Lipinski definition) is 4. The van der Waals surface area contributed by atoms with Crippen molar-refractivity contribution in [3.63, 3.8) is 0 Å². The highest BCUT2D eigenvalue weighted by molar-refractivity contribution is 9.11. The van der Waals surface area contributed by atoms with Crippen molar-refractivity contribution < 1.29 is 14.6 Å². The van der Waals surface area contributed by atoms with Crippen LogP contribution in [0.2, 0.25) is 0 Å². The average molecular weight is 406 g/mol. The highest BCUT2D eigenvalue weighted by Gasteiger charge is 2.32. The number of carbonyl (C=O) groups is 1. The third kappa shape index (κ3) is 7.68. The molecule has 0 saturated heterocycles. The third-order valence-electron chi connectivity index (χ3n) is 3.36. The summed E-state index contributed by atoms with van der Waals surface area (Å²) in [5.74, 6) is 0.422. The van der Waals surface area contributed by atoms with Crippen LogP contribution in [0.3, 0.4) is 0 Å². The Morgan fingerprint density at radius 2 is 2.04 bits per heavy atom. The predicted molar refractivity (Wildman–Crippen MR) is 98.9 cm³/mol. The summed E-state index contributed by atoms with van der Waals surface area (Å²) in [5.41, 5.74) is -0.905. The first-order chi connectivity index (χ1) is 10.6. The summed E-state index contributed by atoms with van der Waals surface area (Å²) in [7, 11) is 0. The zero-order valence-corrected chi connectivity index (χ0v) is 17.0. The van der Waals surface area contributed by atoms with Gasteiger partial charge in [0.2, 0.25) is 0 Å². The van der Waals surface area contributed by atoms with Gasteiger partial charge in [0.15, 0.2) is 0 Å². The summed E-state index contributed by atoms with van der Waals surface area (Å²) in [6, 6.07) is 4.08. The van der Waals surface area contributed by atoms with Crippen molar-refractivity contribution in [3.8, 4) is 0 Å². The zero-order valence-electron chi connectivity index (χ0n) is 14.6. The van der Waals surface area contributed by atoms with Crippen LogP contribution >= 0.6 is 27.3 Å². The molecule has 1 amide bonds. The van der Waals surface area contributed by atoms with Crippen LogP contribution in [-0.4, -0.2) is 30.0 Å². The Kier molecular flexibility index (Phi) is 7.55. The second-order valence-electron chi connectivity index (χ2n) is 7.49. The smallest absolute Gasteiger partial charge is 0.407 e. The number of halogens is 1. The maximum absolute atomic E-state index is 11.9. The standard InChI is InChI=1S/C17H28BrNO3S/c1-12(2)8-17(11-20,9-13-6-7-14(18)23-13)10-19-15(21)22-16(3,4)5/h6-7,12,20H,8-11H2,1-5H3,(H,19,21). The van der Waals surface area contributed by atoms with Crippen molar-refractivity contribution in [1.29, 1.82) is 0 Å². The molecular weight excluding hydrogens is 378 g/mol. The molecule has 132 valence electrons. The first kappa shape index (κ1) is 20.5. The molecule has 1 heterocycles. The topological polar surface area (TPSA) is 58.6 Å². The minimum Gasteiger partial charge on any atom is -0.444 e. The average Bonchev–Trinajstić information content (AvgIpc) is 2.78. The molecule has 6 heteroatoms. The van der Waals surface area contributed by atoms with E-state index in [-0.39, 0.29) is 12.0 Å². The fourth-order valence-electron chi connectivity index (χ4n) is 2.64. The molecule has 0 aromatic carbocycles. The molecule has 1 atom stereocenters. The summed E-state index contributed by atoms with van der Waals surface area (Å²) in [4.78, 5) is 13.1. The van der Waals surface area contributed by atoms with Gasteiger partial charge in [-0.2, -0.15) is 0 Å². The van der Waals surface area contributed by atoms with Crippen molar-refractivity contribution in [1.82, 2.24) is 5.32 Å². The van der Waals surface area contributed by atoms with Crippen LogP contribution in [0.15, 0.2) is 15.9 Å². The molecule has 0 saturated carbocycles. The van der Waals surface area contributed by atoms with Gasteiger partial charge in [0.1, 0.15) is 5.60 Å². The number of aliphatic hydroxyl groups is 1. The Labute approximate surface area is 151 Å². The molecule has 0 aliphatic carbocycles. The van der Waals surface area contributed by atoms with Crippen LogP contribution in [0.1, 0.15) is 45.9 Å². The van der Waals surface area contributed by atoms with E-state index in [9.17, 15) is 9.90 Å². The molecule has 1 rings (SSSR count). The van der Waals surface area contributed by atoms with E-state index in [2.05, 4.69) is 41.2 Å². The molecule has 1 aromatic heterocycles. The van der Waals surface area contributed by atoms with Crippen LogP contribution < -0.4 is 5.32 Å². The number of ether oxygens (including phenoxy) is 1. The van der Waals surface area contributed by atoms with E-state index >= 15 is 0 Å². The van der Waals surface area contributed by atoms with Crippen LogP contribution in [0.25, 0.3) is 0 Å². The van der Waals surface area contributed by atoms with Crippen molar-refractivity contribution in [2.75, 3.05) is 13.2 Å². The number of nitrogens with one attached hydrogen (secondary N) is 1. The number of rotatable bonds is 7. The van der Waals surface area contributed by atoms with Crippen LogP contribution in [0.4, 0.5) is 4.79 Å². The number of carbonyl (C=O) groups excluding carboxylic acids is 1. The molecule has 2 N–H and O–H groups in total. The molecular formula is C17H28BrNO3S. The summed E-state index contributed by atoms with van der Waals surface area (Å²) in [6.07, 6.45) is 1.12. The summed E-state index contributed by atoms with van der Waals surface area (Å²) < 4.78 is 6.37. The third-order valence-corrected chi connectivity index (χ3v) is 4.99. The van der Waals surface area contributed by atoms with Crippen molar-refractivity contribution >= 4 is 33.4 Å². The van der Waals surface area contributed by atoms with E-state index in [1.807, 2.05) is 26.8 Å². The lowest BCUT2D eigenvalue weighted by Crippen LogP contribution is -2.44. The molecule has 1 aromatic rings. The van der Waals surface area contributed by atoms with E-state index < -0.39 is 11.7 Å². The van der Waals surface area contributed by atoms with Gasteiger partial charge < -0.3 is 15.2 Å². The van der Waals surface area contributed by atoms with E-state index in [4.69, 9.17) is 4.74 Å². The van der Waals surface area contributed by atoms with Gasteiger partial charge in [0.05, 0.1) is 10.4 Å². The Hall–Kier alpha value is -0.590. The van der Waals surface area contributed by atoms with Crippen LogP contribution in [-0.2, 0) is 11.2 Å². The second-order valence-corrected chi connectivity index (χ2v) is 10.0. The van der Waals surface area contributed by atoms with E-state index in [0.29, 0.717) is 12.5 Å². The lowest BCUT2D eigenvalue weighted by atomic mass is 9.77. The first-order valence-electron chi connectivity index (χ1n) is 7.87. The van der Waals surface area contributed by atoms with E-state index in [1.54, 1.807) is 11.3 Å². The zero-order chi connectivity index (χ0) is 17.7. The number of hydrogen-bond donors (Lipinski definition) is 2. The Morgan fingerprint density at radius 1 is 1.39 bits per heavy atom. The highest BCUT2D eigenvalue weighted by atomic mass is 79.9. The molecule has 0 bridgehead atoms. The van der Waals surface area contributed by atoms with Crippen LogP contribution in [0.5, 0.6) is 0 Å². The van der Waals surface area contributed by atoms with Gasteiger partial charge in [-0.25, -0.2) is 4.79 Å². The van der Waals surface area contributed by atoms with E-state index in [0.717, 1.165) is 16.6 Å². The Balaban J connectivity index is 2.80. The maximum atomic E-state index is 11.9. The minimum absolute atomic E-state index is 0.0243. The largest absolute Gasteiger partial charge is 0.444 e. The molecule has 0 aliphatic heterocycles. The fraction of sp³-hybridized carbons (Fsp3) is 0.706. The number of thiophene rings is 1. The molecule has 0 fully saturated rings. The van der Waals surface area contributed by atoms with Crippen LogP contribution in [0, 0.1) is 11.3 Å². The summed E-state index contributed by atoms with van der Waals surface area (Å²) in [6.45, 7) is 10.2. The van der Waals surface area contributed by atoms with Gasteiger partial charge in [-0.05, 0) is 67.6 Å². The maximum Gasteiger partial charge on any atom is 0.407 e. The summed E-state index contributed by atoms with van der Waals surface area (Å²) in [5, 5.41) is 12.9. The molecule has 0 spiro atoms. The SMILES string of the molecule is CC(C)CC(CO)(CNC(=O)OC(C)(C)C)Cc1ccc(Br)s1. The number of amides is 1. The van der Waals surface area contributed by atoms with Crippen molar-refractivity contribution in [2.45, 2.75) is 53.1 Å². The van der Waals surface area contributed by atoms with Gasteiger partial charge in [0, 0.05) is 16.8 Å². The van der Waals surface area contributed by atoms with Gasteiger partial charge in [-0.3, -0.25) is 0 Å². The van der Waals surface area contributed by atoms with Crippen molar-refractivity contribution in [2.24, 2.45) is 11.3 Å². The monoisotopic (exact) mass is 405 g/mol. The molecule has 23 heavy (non-hydrogen) atoms.